The van der Waals surface area contributed by atoms with Crippen molar-refractivity contribution in [1.82, 2.24) is 14.9 Å². The van der Waals surface area contributed by atoms with Crippen LogP contribution in [-0.4, -0.2) is 60.9 Å². The van der Waals surface area contributed by atoms with Gasteiger partial charge in [-0.15, -0.1) is 0 Å². The molecule has 0 bridgehead atoms. The maximum atomic E-state index is 13.1. The molecule has 1 saturated heterocycles. The lowest BCUT2D eigenvalue weighted by Gasteiger charge is -2.25. The summed E-state index contributed by atoms with van der Waals surface area (Å²) >= 11 is 0. The van der Waals surface area contributed by atoms with Crippen LogP contribution >= 0.6 is 0 Å². The van der Waals surface area contributed by atoms with Crippen molar-refractivity contribution in [2.45, 2.75) is 63.5 Å². The van der Waals surface area contributed by atoms with Gasteiger partial charge < -0.3 is 15.4 Å². The van der Waals surface area contributed by atoms with E-state index in [0.29, 0.717) is 19.3 Å². The van der Waals surface area contributed by atoms with Crippen LogP contribution in [0.1, 0.15) is 45.6 Å². The highest BCUT2D eigenvalue weighted by Gasteiger charge is 2.30. The zero-order valence-corrected chi connectivity index (χ0v) is 23.0. The second-order valence-corrected chi connectivity index (χ2v) is 11.8. The topological polar surface area (TPSA) is 148 Å². The van der Waals surface area contributed by atoms with Crippen molar-refractivity contribution in [3.05, 3.63) is 70.3 Å². The smallest absolute Gasteiger partial charge is 0.407 e. The van der Waals surface area contributed by atoms with E-state index in [4.69, 9.17) is 4.74 Å². The minimum atomic E-state index is -3.96. The molecule has 12 heteroatoms. The first-order chi connectivity index (χ1) is 17.8. The van der Waals surface area contributed by atoms with Crippen LogP contribution in [0.3, 0.4) is 0 Å². The van der Waals surface area contributed by atoms with Gasteiger partial charge >= 0.3 is 6.09 Å². The normalized spacial score (nSPS) is 15.3. The Morgan fingerprint density at radius 2 is 1.79 bits per heavy atom. The van der Waals surface area contributed by atoms with E-state index < -0.39 is 26.6 Å². The van der Waals surface area contributed by atoms with Crippen molar-refractivity contribution in [2.24, 2.45) is 0 Å². The molecule has 0 aromatic heterocycles. The molecule has 2 amide bonds. The number of alkyl carbamates (subject to hydrolysis) is 1. The fourth-order valence-electron chi connectivity index (χ4n) is 3.55. The lowest BCUT2D eigenvalue weighted by Crippen LogP contribution is -2.43. The van der Waals surface area contributed by atoms with Crippen molar-refractivity contribution >= 4 is 27.7 Å². The number of rotatable bonds is 9. The number of carbonyl (C=O) groups excluding carboxylic acids is 2. The molecule has 0 unspecified atom stereocenters. The minimum Gasteiger partial charge on any atom is -0.444 e. The van der Waals surface area contributed by atoms with Crippen LogP contribution in [0, 0.1) is 17.0 Å². The average molecular weight is 549 g/mol. The van der Waals surface area contributed by atoms with Gasteiger partial charge in [-0.05, 0) is 52.7 Å². The van der Waals surface area contributed by atoms with E-state index >= 15 is 0 Å². The van der Waals surface area contributed by atoms with Gasteiger partial charge in [0.15, 0.2) is 0 Å². The second kappa shape index (κ2) is 13.9. The van der Waals surface area contributed by atoms with Gasteiger partial charge in [-0.3, -0.25) is 14.9 Å². The molecule has 1 fully saturated rings. The molecule has 2 N–H and O–H groups in total. The summed E-state index contributed by atoms with van der Waals surface area (Å²) in [7, 11) is -3.96. The van der Waals surface area contributed by atoms with Crippen molar-refractivity contribution in [3.8, 4) is 0 Å². The molecule has 208 valence electrons. The summed E-state index contributed by atoms with van der Waals surface area (Å²) in [5.74, 6) is -0.135. The van der Waals surface area contributed by atoms with Gasteiger partial charge in [0.1, 0.15) is 5.60 Å². The van der Waals surface area contributed by atoms with Crippen molar-refractivity contribution in [1.29, 1.82) is 0 Å². The van der Waals surface area contributed by atoms with Crippen molar-refractivity contribution in [3.63, 3.8) is 0 Å². The number of nitrogens with one attached hydrogen (secondary N) is 2. The zero-order valence-electron chi connectivity index (χ0n) is 22.2. The molecule has 3 rings (SSSR count). The Bertz CT molecular complexity index is 1180. The fraction of sp³-hybridized carbons (Fsp3) is 0.462. The third-order valence-corrected chi connectivity index (χ3v) is 7.27. The van der Waals surface area contributed by atoms with E-state index in [1.165, 1.54) is 22.0 Å². The van der Waals surface area contributed by atoms with Crippen LogP contribution in [0.15, 0.2) is 59.5 Å². The molecular formula is C26H36N4O7S. The van der Waals surface area contributed by atoms with E-state index in [1.807, 2.05) is 18.2 Å². The number of amides is 2. The van der Waals surface area contributed by atoms with Gasteiger partial charge in [0.25, 0.3) is 5.69 Å². The van der Waals surface area contributed by atoms with E-state index in [1.54, 1.807) is 20.8 Å². The Balaban J connectivity index is 0.000000624. The lowest BCUT2D eigenvalue weighted by atomic mass is 10.2. The van der Waals surface area contributed by atoms with Crippen molar-refractivity contribution in [2.75, 3.05) is 19.6 Å². The third kappa shape index (κ3) is 10.5. The van der Waals surface area contributed by atoms with E-state index in [2.05, 4.69) is 29.7 Å². The fourth-order valence-corrected chi connectivity index (χ4v) is 5.08. The number of aryl methyl sites for hydroxylation is 1. The maximum absolute atomic E-state index is 13.1. The number of non-ortho nitro benzene ring substituents is 1. The average Bonchev–Trinajstić information content (AvgIpc) is 3.25. The van der Waals surface area contributed by atoms with Gasteiger partial charge in [0.2, 0.25) is 15.9 Å². The summed E-state index contributed by atoms with van der Waals surface area (Å²) in [5, 5.41) is 16.2. The number of hydrogen-bond acceptors (Lipinski definition) is 7. The van der Waals surface area contributed by atoms with E-state index in [-0.39, 0.29) is 42.2 Å². The molecule has 1 aliphatic heterocycles. The molecule has 38 heavy (non-hydrogen) atoms. The van der Waals surface area contributed by atoms with E-state index in [9.17, 15) is 28.1 Å². The Labute approximate surface area is 223 Å². The summed E-state index contributed by atoms with van der Waals surface area (Å²) in [6.07, 6.45) is 0.560. The van der Waals surface area contributed by atoms with Crippen LogP contribution in [0.25, 0.3) is 0 Å². The monoisotopic (exact) mass is 548 g/mol. The van der Waals surface area contributed by atoms with Crippen LogP contribution in [0.2, 0.25) is 0 Å². The largest absolute Gasteiger partial charge is 0.444 e. The van der Waals surface area contributed by atoms with Gasteiger partial charge in [0.05, 0.1) is 9.82 Å². The molecular weight excluding hydrogens is 512 g/mol. The van der Waals surface area contributed by atoms with Crippen LogP contribution in [0.5, 0.6) is 0 Å². The number of nitro groups is 1. The Morgan fingerprint density at radius 3 is 2.26 bits per heavy atom. The minimum absolute atomic E-state index is 0.0670. The predicted molar refractivity (Wildman–Crippen MR) is 143 cm³/mol. The predicted octanol–water partition coefficient (Wildman–Crippen LogP) is 3.77. The summed E-state index contributed by atoms with van der Waals surface area (Å²) in [6, 6.07) is 14.6. The van der Waals surface area contributed by atoms with Gasteiger partial charge in [-0.25, -0.2) is 13.2 Å². The first kappa shape index (κ1) is 30.7. The van der Waals surface area contributed by atoms with Gasteiger partial charge in [-0.2, -0.15) is 4.31 Å². The highest BCUT2D eigenvalue weighted by atomic mass is 32.2. The summed E-state index contributed by atoms with van der Waals surface area (Å²) in [4.78, 5) is 33.4. The third-order valence-electron chi connectivity index (χ3n) is 5.39. The van der Waals surface area contributed by atoms with Crippen LogP contribution in [0.4, 0.5) is 10.5 Å². The molecule has 0 radical (unpaired) electrons. The first-order valence-electron chi connectivity index (χ1n) is 12.3. The number of carbonyl (C=O) groups is 2. The lowest BCUT2D eigenvalue weighted by molar-refractivity contribution is -0.384. The second-order valence-electron chi connectivity index (χ2n) is 9.85. The summed E-state index contributed by atoms with van der Waals surface area (Å²) in [5.41, 5.74) is 0.466. The zero-order chi connectivity index (χ0) is 28.3. The van der Waals surface area contributed by atoms with Crippen molar-refractivity contribution < 1.29 is 27.7 Å². The number of hydrogen-bond donors (Lipinski definition) is 2. The number of sulfonamides is 1. The maximum Gasteiger partial charge on any atom is 0.407 e. The number of nitro benzene ring substituents is 1. The van der Waals surface area contributed by atoms with E-state index in [0.717, 1.165) is 12.1 Å². The number of nitrogens with zero attached hydrogens (tertiary/aromatic N) is 2. The van der Waals surface area contributed by atoms with Gasteiger partial charge in [0, 0.05) is 44.2 Å². The number of benzene rings is 2. The Kier molecular flexibility index (Phi) is 11.2. The summed E-state index contributed by atoms with van der Waals surface area (Å²) in [6.45, 7) is 7.64. The molecule has 11 nitrogen and oxygen atoms in total. The standard InChI is InChI=1S/C19H28N4O7S.C7H8/c1-19(2,3)30-18(25)20-11-4-12-22(13-14-5-10-17(24)21-14)31(28,29)16-8-6-15(7-9-16)23(26)27;1-7-5-3-2-4-6-7/h6-9,14H,4-5,10-13H2,1-3H3,(H,20,25)(H,21,24);2-6H,1H3/t14-;/m1./s1. The van der Waals surface area contributed by atoms with Gasteiger partial charge in [-0.1, -0.05) is 35.9 Å². The quantitative estimate of drug-likeness (QED) is 0.275. The van der Waals surface area contributed by atoms with Crippen LogP contribution in [-0.2, 0) is 19.6 Å². The molecule has 1 heterocycles. The number of ether oxygens (including phenoxy) is 1. The molecule has 2 aromatic rings. The molecule has 1 atom stereocenters. The molecule has 0 saturated carbocycles. The molecule has 0 spiro atoms. The van der Waals surface area contributed by atoms with Crippen LogP contribution < -0.4 is 10.6 Å². The highest BCUT2D eigenvalue weighted by Crippen LogP contribution is 2.21. The highest BCUT2D eigenvalue weighted by molar-refractivity contribution is 7.89. The molecule has 1 aliphatic rings. The Morgan fingerprint density at radius 1 is 1.16 bits per heavy atom. The SMILES string of the molecule is CC(C)(C)OC(=O)NCCCN(C[C@H]1CCC(=O)N1)S(=O)(=O)c1ccc([N+](=O)[O-])cc1.Cc1ccccc1. The Hall–Kier alpha value is -3.51. The molecule has 0 aliphatic carbocycles. The first-order valence-corrected chi connectivity index (χ1v) is 13.7. The molecule has 2 aromatic carbocycles. The summed E-state index contributed by atoms with van der Waals surface area (Å²) < 4.78 is 32.6.